The highest BCUT2D eigenvalue weighted by Gasteiger charge is 2.34. The molecule has 2 aromatic rings. The van der Waals surface area contributed by atoms with E-state index in [4.69, 9.17) is 0 Å². The maximum Gasteiger partial charge on any atom is 0.295 e. The second-order valence-corrected chi connectivity index (χ2v) is 6.34. The van der Waals surface area contributed by atoms with Crippen molar-refractivity contribution in [3.8, 4) is 0 Å². The van der Waals surface area contributed by atoms with Gasteiger partial charge in [-0.25, -0.2) is 0 Å². The van der Waals surface area contributed by atoms with Crippen LogP contribution in [0.25, 0.3) is 10.9 Å². The average molecular weight is 300 g/mol. The van der Waals surface area contributed by atoms with E-state index < -0.39 is 11.7 Å². The van der Waals surface area contributed by atoms with Crippen LogP contribution < -0.4 is 0 Å². The van der Waals surface area contributed by atoms with Crippen molar-refractivity contribution in [1.29, 1.82) is 0 Å². The Labute approximate surface area is 128 Å². The molecule has 0 bridgehead atoms. The summed E-state index contributed by atoms with van der Waals surface area (Å²) in [6.07, 6.45) is 3.04. The summed E-state index contributed by atoms with van der Waals surface area (Å²) in [5.74, 6) is -0.921. The van der Waals surface area contributed by atoms with Crippen LogP contribution in [0.15, 0.2) is 30.5 Å². The Morgan fingerprint density at radius 2 is 1.95 bits per heavy atom. The van der Waals surface area contributed by atoms with E-state index in [0.717, 1.165) is 23.7 Å². The van der Waals surface area contributed by atoms with Crippen molar-refractivity contribution in [2.24, 2.45) is 5.41 Å². The van der Waals surface area contributed by atoms with Crippen molar-refractivity contribution < 1.29 is 14.7 Å². The minimum absolute atomic E-state index is 0.116. The van der Waals surface area contributed by atoms with Crippen molar-refractivity contribution in [3.63, 3.8) is 0 Å². The van der Waals surface area contributed by atoms with Crippen LogP contribution in [0.3, 0.4) is 0 Å². The molecule has 1 amide bonds. The van der Waals surface area contributed by atoms with Crippen molar-refractivity contribution >= 4 is 22.6 Å². The largest absolute Gasteiger partial charge is 0.396 e. The molecule has 1 aliphatic heterocycles. The fourth-order valence-electron chi connectivity index (χ4n) is 2.93. The number of aromatic amines is 1. The van der Waals surface area contributed by atoms with Crippen molar-refractivity contribution in [1.82, 2.24) is 9.88 Å². The SMILES string of the molecule is CC1(CO)CCN(C(=O)C(=O)c2c[nH]c3ccccc23)CC1. The number of Topliss-reactive ketones (excluding diaryl/α,β-unsaturated/α-hetero) is 1. The first-order chi connectivity index (χ1) is 10.5. The number of para-hydroxylation sites is 1. The maximum absolute atomic E-state index is 12.5. The first-order valence-electron chi connectivity index (χ1n) is 7.55. The Morgan fingerprint density at radius 1 is 1.27 bits per heavy atom. The Morgan fingerprint density at radius 3 is 2.64 bits per heavy atom. The third-order valence-electron chi connectivity index (χ3n) is 4.67. The summed E-state index contributed by atoms with van der Waals surface area (Å²) >= 11 is 0. The van der Waals surface area contributed by atoms with E-state index in [1.165, 1.54) is 0 Å². The highest BCUT2D eigenvalue weighted by atomic mass is 16.3. The Hall–Kier alpha value is -2.14. The number of ketones is 1. The summed E-state index contributed by atoms with van der Waals surface area (Å²) in [4.78, 5) is 29.6. The first-order valence-corrected chi connectivity index (χ1v) is 7.55. The molecular weight excluding hydrogens is 280 g/mol. The molecule has 1 saturated heterocycles. The van der Waals surface area contributed by atoms with Crippen LogP contribution in [-0.2, 0) is 4.79 Å². The number of rotatable bonds is 3. The number of nitrogens with zero attached hydrogens (tertiary/aromatic N) is 1. The number of hydrogen-bond donors (Lipinski definition) is 2. The van der Waals surface area contributed by atoms with E-state index >= 15 is 0 Å². The predicted molar refractivity (Wildman–Crippen MR) is 83.6 cm³/mol. The zero-order valence-electron chi connectivity index (χ0n) is 12.6. The highest BCUT2D eigenvalue weighted by Crippen LogP contribution is 2.30. The number of likely N-dealkylation sites (tertiary alicyclic amines) is 1. The average Bonchev–Trinajstić information content (AvgIpc) is 2.98. The number of hydrogen-bond acceptors (Lipinski definition) is 3. The van der Waals surface area contributed by atoms with Crippen LogP contribution >= 0.6 is 0 Å². The molecule has 0 saturated carbocycles. The predicted octanol–water partition coefficient (Wildman–Crippen LogP) is 1.97. The third-order valence-corrected chi connectivity index (χ3v) is 4.67. The number of aliphatic hydroxyl groups is 1. The van der Waals surface area contributed by atoms with Crippen LogP contribution in [0, 0.1) is 5.41 Å². The zero-order chi connectivity index (χ0) is 15.7. The van der Waals surface area contributed by atoms with Gasteiger partial charge in [-0.15, -0.1) is 0 Å². The lowest BCUT2D eigenvalue weighted by Crippen LogP contribution is -2.45. The summed E-state index contributed by atoms with van der Waals surface area (Å²) in [6, 6.07) is 7.45. The number of aromatic nitrogens is 1. The van der Waals surface area contributed by atoms with Gasteiger partial charge in [0.1, 0.15) is 0 Å². The number of amides is 1. The van der Waals surface area contributed by atoms with Crippen LogP contribution in [0.1, 0.15) is 30.1 Å². The van der Waals surface area contributed by atoms with Gasteiger partial charge >= 0.3 is 0 Å². The lowest BCUT2D eigenvalue weighted by atomic mass is 9.81. The van der Waals surface area contributed by atoms with Gasteiger partial charge in [0.05, 0.1) is 5.56 Å². The topological polar surface area (TPSA) is 73.4 Å². The number of piperidine rings is 1. The van der Waals surface area contributed by atoms with Crippen LogP contribution in [0.4, 0.5) is 0 Å². The first kappa shape index (κ1) is 14.8. The van der Waals surface area contributed by atoms with Crippen molar-refractivity contribution in [2.75, 3.05) is 19.7 Å². The molecule has 0 atom stereocenters. The molecule has 2 heterocycles. The summed E-state index contributed by atoms with van der Waals surface area (Å²) in [7, 11) is 0. The fraction of sp³-hybridized carbons (Fsp3) is 0.412. The number of benzene rings is 1. The second-order valence-electron chi connectivity index (χ2n) is 6.34. The lowest BCUT2D eigenvalue weighted by molar-refractivity contribution is -0.129. The van der Waals surface area contributed by atoms with Crippen LogP contribution in [0.2, 0.25) is 0 Å². The molecule has 116 valence electrons. The minimum atomic E-state index is -0.468. The van der Waals surface area contributed by atoms with E-state index in [2.05, 4.69) is 4.98 Å². The molecule has 0 aliphatic carbocycles. The Bertz CT molecular complexity index is 712. The van der Waals surface area contributed by atoms with E-state index in [1.54, 1.807) is 11.1 Å². The molecule has 5 heteroatoms. The Balaban J connectivity index is 1.77. The number of aliphatic hydroxyl groups excluding tert-OH is 1. The monoisotopic (exact) mass is 300 g/mol. The molecule has 1 aromatic carbocycles. The van der Waals surface area contributed by atoms with E-state index in [9.17, 15) is 14.7 Å². The van der Waals surface area contributed by atoms with Crippen LogP contribution in [-0.4, -0.2) is 46.4 Å². The molecule has 5 nitrogen and oxygen atoms in total. The van der Waals surface area contributed by atoms with Crippen molar-refractivity contribution in [2.45, 2.75) is 19.8 Å². The lowest BCUT2D eigenvalue weighted by Gasteiger charge is -2.37. The second kappa shape index (κ2) is 5.57. The molecule has 22 heavy (non-hydrogen) atoms. The van der Waals surface area contributed by atoms with Gasteiger partial charge < -0.3 is 15.0 Å². The van der Waals surface area contributed by atoms with E-state index in [0.29, 0.717) is 18.7 Å². The van der Waals surface area contributed by atoms with Gasteiger partial charge in [0.15, 0.2) is 0 Å². The standard InChI is InChI=1S/C17H20N2O3/c1-17(11-20)6-8-19(9-7-17)16(22)15(21)13-10-18-14-5-3-2-4-12(13)14/h2-5,10,18,20H,6-9,11H2,1H3. The maximum atomic E-state index is 12.5. The quantitative estimate of drug-likeness (QED) is 0.672. The molecule has 0 spiro atoms. The molecule has 2 N–H and O–H groups in total. The molecule has 3 rings (SSSR count). The molecule has 1 fully saturated rings. The Kier molecular flexibility index (Phi) is 3.74. The van der Waals surface area contributed by atoms with Crippen molar-refractivity contribution in [3.05, 3.63) is 36.0 Å². The summed E-state index contributed by atoms with van der Waals surface area (Å²) in [6.45, 7) is 3.16. The van der Waals surface area contributed by atoms with Gasteiger partial charge in [0.25, 0.3) is 11.7 Å². The number of nitrogens with one attached hydrogen (secondary N) is 1. The number of fused-ring (bicyclic) bond motifs is 1. The van der Waals surface area contributed by atoms with Gasteiger partial charge in [0.2, 0.25) is 0 Å². The smallest absolute Gasteiger partial charge is 0.295 e. The molecule has 0 radical (unpaired) electrons. The highest BCUT2D eigenvalue weighted by molar-refractivity contribution is 6.44. The molecule has 0 unspecified atom stereocenters. The van der Waals surface area contributed by atoms with Gasteiger partial charge in [-0.05, 0) is 24.3 Å². The zero-order valence-corrected chi connectivity index (χ0v) is 12.6. The van der Waals surface area contributed by atoms with Gasteiger partial charge in [-0.1, -0.05) is 25.1 Å². The molecule has 1 aliphatic rings. The minimum Gasteiger partial charge on any atom is -0.396 e. The number of carbonyl (C=O) groups excluding carboxylic acids is 2. The van der Waals surface area contributed by atoms with Gasteiger partial charge in [-0.3, -0.25) is 9.59 Å². The third kappa shape index (κ3) is 2.52. The molecule has 1 aromatic heterocycles. The van der Waals surface area contributed by atoms with Crippen LogP contribution in [0.5, 0.6) is 0 Å². The van der Waals surface area contributed by atoms with Gasteiger partial charge in [0, 0.05) is 36.8 Å². The summed E-state index contributed by atoms with van der Waals surface area (Å²) < 4.78 is 0. The number of carbonyl (C=O) groups is 2. The normalized spacial score (nSPS) is 17.6. The molecular formula is C17H20N2O3. The van der Waals surface area contributed by atoms with Gasteiger partial charge in [-0.2, -0.15) is 0 Å². The van der Waals surface area contributed by atoms with E-state index in [-0.39, 0.29) is 12.0 Å². The fourth-order valence-corrected chi connectivity index (χ4v) is 2.93. The summed E-state index contributed by atoms with van der Waals surface area (Å²) in [5.41, 5.74) is 1.14. The number of H-pyrrole nitrogens is 1. The summed E-state index contributed by atoms with van der Waals surface area (Å²) in [5, 5.41) is 10.2. The van der Waals surface area contributed by atoms with E-state index in [1.807, 2.05) is 31.2 Å².